The van der Waals surface area contributed by atoms with Crippen LogP contribution in [0.2, 0.25) is 5.02 Å². The number of rotatable bonds is 3. The molecule has 1 aliphatic heterocycles. The van der Waals surface area contributed by atoms with Gasteiger partial charge in [0.05, 0.1) is 12.6 Å². The van der Waals surface area contributed by atoms with E-state index in [1.54, 1.807) is 0 Å². The van der Waals surface area contributed by atoms with Gasteiger partial charge in [-0.1, -0.05) is 31.5 Å². The van der Waals surface area contributed by atoms with Crippen molar-refractivity contribution in [1.82, 2.24) is 0 Å². The van der Waals surface area contributed by atoms with Crippen LogP contribution in [0.1, 0.15) is 20.3 Å². The Bertz CT molecular complexity index is 428. The highest BCUT2D eigenvalue weighted by molar-refractivity contribution is 6.30. The zero-order valence-electron chi connectivity index (χ0n) is 10.2. The number of halogens is 1. The van der Waals surface area contributed by atoms with Crippen molar-refractivity contribution in [2.45, 2.75) is 26.3 Å². The Morgan fingerprint density at radius 2 is 2.29 bits per heavy atom. The lowest BCUT2D eigenvalue weighted by atomic mass is 10.0. The quantitative estimate of drug-likeness (QED) is 0.898. The summed E-state index contributed by atoms with van der Waals surface area (Å²) >= 11 is 6.02. The maximum Gasteiger partial charge on any atom is 0.196 e. The van der Waals surface area contributed by atoms with Crippen LogP contribution >= 0.6 is 11.6 Å². The lowest BCUT2D eigenvalue weighted by molar-refractivity contribution is 0.512. The number of hydrogen-bond acceptors (Lipinski definition) is 3. The molecule has 1 aromatic carbocycles. The molecule has 3 nitrogen and oxygen atoms in total. The van der Waals surface area contributed by atoms with E-state index in [9.17, 15) is 0 Å². The first kappa shape index (κ1) is 12.2. The second-order valence-corrected chi connectivity index (χ2v) is 5.27. The molecule has 1 heterocycles. The van der Waals surface area contributed by atoms with Crippen LogP contribution in [0.25, 0.3) is 0 Å². The van der Waals surface area contributed by atoms with Gasteiger partial charge in [-0.05, 0) is 30.5 Å². The number of nitrogens with two attached hydrogens (primary N) is 1. The smallest absolute Gasteiger partial charge is 0.196 e. The van der Waals surface area contributed by atoms with Crippen LogP contribution < -0.4 is 10.6 Å². The maximum absolute atomic E-state index is 6.02. The second kappa shape index (κ2) is 4.96. The Morgan fingerprint density at radius 3 is 2.94 bits per heavy atom. The fraction of sp³-hybridized carbons (Fsp3) is 0.462. The van der Waals surface area contributed by atoms with E-state index in [1.807, 2.05) is 24.3 Å². The third-order valence-corrected chi connectivity index (χ3v) is 3.14. The molecular formula is C13H18ClN3. The van der Waals surface area contributed by atoms with Crippen molar-refractivity contribution >= 4 is 23.2 Å². The van der Waals surface area contributed by atoms with Crippen LogP contribution in [0, 0.1) is 5.92 Å². The number of benzene rings is 1. The summed E-state index contributed by atoms with van der Waals surface area (Å²) in [5, 5.41) is 0.727. The Hall–Kier alpha value is -1.22. The van der Waals surface area contributed by atoms with Crippen LogP contribution in [-0.2, 0) is 0 Å². The van der Waals surface area contributed by atoms with Gasteiger partial charge in [0, 0.05) is 10.7 Å². The van der Waals surface area contributed by atoms with Crippen LogP contribution in [-0.4, -0.2) is 18.5 Å². The number of hydrogen-bond donors (Lipinski definition) is 1. The molecule has 92 valence electrons. The molecule has 4 heteroatoms. The standard InChI is InChI=1S/C13H18ClN3/c1-9(2)6-12-8-16-13(15)17(12)11-5-3-4-10(14)7-11/h3-5,7,9,12H,6,8H2,1-2H3,(H2,15,16). The van der Waals surface area contributed by atoms with E-state index in [4.69, 9.17) is 17.3 Å². The zero-order valence-corrected chi connectivity index (χ0v) is 11.0. The molecular weight excluding hydrogens is 234 g/mol. The Balaban J connectivity index is 2.24. The maximum atomic E-state index is 6.02. The van der Waals surface area contributed by atoms with E-state index in [2.05, 4.69) is 23.7 Å². The molecule has 0 aliphatic carbocycles. The van der Waals surface area contributed by atoms with E-state index < -0.39 is 0 Å². The van der Waals surface area contributed by atoms with E-state index in [-0.39, 0.29) is 0 Å². The van der Waals surface area contributed by atoms with Crippen molar-refractivity contribution in [1.29, 1.82) is 0 Å². The normalized spacial score (nSPS) is 19.9. The number of aliphatic imine (C=N–C) groups is 1. The Morgan fingerprint density at radius 1 is 1.53 bits per heavy atom. The molecule has 0 radical (unpaired) electrons. The molecule has 0 saturated heterocycles. The highest BCUT2D eigenvalue weighted by atomic mass is 35.5. The molecule has 1 unspecified atom stereocenters. The van der Waals surface area contributed by atoms with Gasteiger partial charge in [0.1, 0.15) is 0 Å². The molecule has 0 amide bonds. The lowest BCUT2D eigenvalue weighted by Gasteiger charge is -2.27. The fourth-order valence-corrected chi connectivity index (χ4v) is 2.42. The highest BCUT2D eigenvalue weighted by Gasteiger charge is 2.27. The van der Waals surface area contributed by atoms with Gasteiger partial charge in [-0.2, -0.15) is 0 Å². The average Bonchev–Trinajstić information content (AvgIpc) is 2.59. The van der Waals surface area contributed by atoms with Gasteiger partial charge in [0.2, 0.25) is 0 Å². The van der Waals surface area contributed by atoms with E-state index in [0.717, 1.165) is 23.7 Å². The van der Waals surface area contributed by atoms with Gasteiger partial charge in [0.15, 0.2) is 5.96 Å². The molecule has 0 spiro atoms. The van der Waals surface area contributed by atoms with Crippen LogP contribution in [0.15, 0.2) is 29.3 Å². The summed E-state index contributed by atoms with van der Waals surface area (Å²) in [5.41, 5.74) is 6.99. The molecule has 0 saturated carbocycles. The topological polar surface area (TPSA) is 41.6 Å². The molecule has 17 heavy (non-hydrogen) atoms. The van der Waals surface area contributed by atoms with Gasteiger partial charge in [-0.25, -0.2) is 0 Å². The van der Waals surface area contributed by atoms with Gasteiger partial charge in [-0.3, -0.25) is 4.99 Å². The first-order valence-electron chi connectivity index (χ1n) is 5.92. The molecule has 1 aromatic rings. The third kappa shape index (κ3) is 2.72. The monoisotopic (exact) mass is 251 g/mol. The van der Waals surface area contributed by atoms with Gasteiger partial charge >= 0.3 is 0 Å². The Kier molecular flexibility index (Phi) is 3.57. The second-order valence-electron chi connectivity index (χ2n) is 4.83. The summed E-state index contributed by atoms with van der Waals surface area (Å²) in [7, 11) is 0. The first-order chi connectivity index (χ1) is 8.08. The predicted octanol–water partition coefficient (Wildman–Crippen LogP) is 2.89. The predicted molar refractivity (Wildman–Crippen MR) is 73.7 cm³/mol. The highest BCUT2D eigenvalue weighted by Crippen LogP contribution is 2.26. The van der Waals surface area contributed by atoms with Crippen molar-refractivity contribution in [2.24, 2.45) is 16.6 Å². The lowest BCUT2D eigenvalue weighted by Crippen LogP contribution is -2.41. The minimum absolute atomic E-state index is 0.355. The van der Waals surface area contributed by atoms with Crippen molar-refractivity contribution in [2.75, 3.05) is 11.4 Å². The first-order valence-corrected chi connectivity index (χ1v) is 6.30. The molecule has 0 fully saturated rings. The van der Waals surface area contributed by atoms with Crippen molar-refractivity contribution < 1.29 is 0 Å². The summed E-state index contributed by atoms with van der Waals surface area (Å²) in [4.78, 5) is 6.42. The minimum Gasteiger partial charge on any atom is -0.370 e. The number of anilines is 1. The zero-order chi connectivity index (χ0) is 12.4. The van der Waals surface area contributed by atoms with Crippen LogP contribution in [0.5, 0.6) is 0 Å². The fourth-order valence-electron chi connectivity index (χ4n) is 2.24. The largest absolute Gasteiger partial charge is 0.370 e. The summed E-state index contributed by atoms with van der Waals surface area (Å²) in [5.74, 6) is 1.22. The van der Waals surface area contributed by atoms with Crippen molar-refractivity contribution in [3.63, 3.8) is 0 Å². The summed E-state index contributed by atoms with van der Waals surface area (Å²) in [6, 6.07) is 8.12. The van der Waals surface area contributed by atoms with Gasteiger partial charge < -0.3 is 10.6 Å². The molecule has 0 bridgehead atoms. The van der Waals surface area contributed by atoms with Crippen LogP contribution in [0.4, 0.5) is 5.69 Å². The van der Waals surface area contributed by atoms with Crippen molar-refractivity contribution in [3.05, 3.63) is 29.3 Å². The van der Waals surface area contributed by atoms with Crippen molar-refractivity contribution in [3.8, 4) is 0 Å². The van der Waals surface area contributed by atoms with Gasteiger partial charge in [-0.15, -0.1) is 0 Å². The summed E-state index contributed by atoms with van der Waals surface area (Å²) in [6.45, 7) is 5.20. The third-order valence-electron chi connectivity index (χ3n) is 2.91. The minimum atomic E-state index is 0.355. The summed E-state index contributed by atoms with van der Waals surface area (Å²) < 4.78 is 0. The Labute approximate surface area is 107 Å². The molecule has 2 N–H and O–H groups in total. The van der Waals surface area contributed by atoms with Crippen LogP contribution in [0.3, 0.4) is 0 Å². The molecule has 0 aromatic heterocycles. The molecule has 1 atom stereocenters. The van der Waals surface area contributed by atoms with E-state index in [1.165, 1.54) is 0 Å². The number of guanidine groups is 1. The molecule has 2 rings (SSSR count). The summed E-state index contributed by atoms with van der Waals surface area (Å²) in [6.07, 6.45) is 1.08. The van der Waals surface area contributed by atoms with E-state index in [0.29, 0.717) is 17.9 Å². The molecule has 1 aliphatic rings. The number of nitrogens with zero attached hydrogens (tertiary/aromatic N) is 2. The SMILES string of the molecule is CC(C)CC1CN=C(N)N1c1cccc(Cl)c1. The van der Waals surface area contributed by atoms with E-state index >= 15 is 0 Å². The van der Waals surface area contributed by atoms with Gasteiger partial charge in [0.25, 0.3) is 0 Å². The average molecular weight is 252 g/mol.